The second kappa shape index (κ2) is 5.28. The third kappa shape index (κ3) is 3.04. The Labute approximate surface area is 107 Å². The van der Waals surface area contributed by atoms with Gasteiger partial charge in [-0.25, -0.2) is 0 Å². The molecule has 0 aliphatic heterocycles. The van der Waals surface area contributed by atoms with Crippen LogP contribution in [0.25, 0.3) is 0 Å². The molecule has 2 heteroatoms. The molecule has 0 fully saturated rings. The molecule has 2 aromatic rings. The zero-order chi connectivity index (χ0) is 12.3. The van der Waals surface area contributed by atoms with Gasteiger partial charge in [-0.2, -0.15) is 0 Å². The SMILES string of the molecule is Cc1cccc(C)c1CSc1ccc(O)cc1. The third-order valence-electron chi connectivity index (χ3n) is 2.86. The average molecular weight is 244 g/mol. The molecule has 2 aromatic carbocycles. The van der Waals surface area contributed by atoms with Crippen molar-refractivity contribution < 1.29 is 5.11 Å². The molecule has 0 bridgehead atoms. The largest absolute Gasteiger partial charge is 0.508 e. The summed E-state index contributed by atoms with van der Waals surface area (Å²) >= 11 is 1.80. The minimum absolute atomic E-state index is 0.321. The maximum absolute atomic E-state index is 9.22. The summed E-state index contributed by atoms with van der Waals surface area (Å²) in [5.74, 6) is 1.30. The monoisotopic (exact) mass is 244 g/mol. The van der Waals surface area contributed by atoms with E-state index < -0.39 is 0 Å². The Bertz CT molecular complexity index is 483. The van der Waals surface area contributed by atoms with Gasteiger partial charge >= 0.3 is 0 Å². The molecule has 0 aliphatic carbocycles. The lowest BCUT2D eigenvalue weighted by atomic mass is 10.1. The van der Waals surface area contributed by atoms with Gasteiger partial charge in [-0.15, -0.1) is 11.8 Å². The van der Waals surface area contributed by atoms with Gasteiger partial charge in [0.05, 0.1) is 0 Å². The number of thioether (sulfide) groups is 1. The van der Waals surface area contributed by atoms with E-state index in [4.69, 9.17) is 0 Å². The van der Waals surface area contributed by atoms with Crippen LogP contribution in [0.5, 0.6) is 5.75 Å². The molecule has 0 amide bonds. The lowest BCUT2D eigenvalue weighted by molar-refractivity contribution is 0.475. The fourth-order valence-electron chi connectivity index (χ4n) is 1.77. The molecule has 88 valence electrons. The fourth-order valence-corrected chi connectivity index (χ4v) is 2.87. The number of phenols is 1. The van der Waals surface area contributed by atoms with Gasteiger partial charge < -0.3 is 5.11 Å². The smallest absolute Gasteiger partial charge is 0.115 e. The number of aryl methyl sites for hydroxylation is 2. The zero-order valence-electron chi connectivity index (χ0n) is 10.1. The van der Waals surface area contributed by atoms with Crippen molar-refractivity contribution in [2.45, 2.75) is 24.5 Å². The van der Waals surface area contributed by atoms with Crippen molar-refractivity contribution >= 4 is 11.8 Å². The van der Waals surface area contributed by atoms with Gasteiger partial charge in [-0.3, -0.25) is 0 Å². The summed E-state index contributed by atoms with van der Waals surface area (Å²) in [6.45, 7) is 4.30. The van der Waals surface area contributed by atoms with Crippen molar-refractivity contribution in [3.05, 3.63) is 59.2 Å². The van der Waals surface area contributed by atoms with E-state index in [0.29, 0.717) is 5.75 Å². The molecule has 0 aliphatic rings. The first-order valence-electron chi connectivity index (χ1n) is 5.64. The zero-order valence-corrected chi connectivity index (χ0v) is 10.9. The van der Waals surface area contributed by atoms with E-state index in [1.165, 1.54) is 21.6 Å². The highest BCUT2D eigenvalue weighted by atomic mass is 32.2. The van der Waals surface area contributed by atoms with Crippen LogP contribution in [0.2, 0.25) is 0 Å². The number of hydrogen-bond acceptors (Lipinski definition) is 2. The summed E-state index contributed by atoms with van der Waals surface area (Å²) in [4.78, 5) is 1.19. The normalized spacial score (nSPS) is 10.5. The maximum atomic E-state index is 9.22. The van der Waals surface area contributed by atoms with E-state index in [0.717, 1.165) is 5.75 Å². The van der Waals surface area contributed by atoms with Gasteiger partial charge in [-0.05, 0) is 54.8 Å². The van der Waals surface area contributed by atoms with Crippen LogP contribution in [0.3, 0.4) is 0 Å². The highest BCUT2D eigenvalue weighted by Crippen LogP contribution is 2.27. The second-order valence-electron chi connectivity index (χ2n) is 4.15. The summed E-state index contributed by atoms with van der Waals surface area (Å²) in [5, 5.41) is 9.22. The first-order chi connectivity index (χ1) is 8.16. The molecule has 2 rings (SSSR count). The number of rotatable bonds is 3. The van der Waals surface area contributed by atoms with E-state index in [-0.39, 0.29) is 0 Å². The topological polar surface area (TPSA) is 20.2 Å². The van der Waals surface area contributed by atoms with Gasteiger partial charge in [-0.1, -0.05) is 18.2 Å². The molecular formula is C15H16OS. The minimum atomic E-state index is 0.321. The Morgan fingerprint density at radius 2 is 1.53 bits per heavy atom. The molecule has 0 heterocycles. The Balaban J connectivity index is 2.10. The molecule has 0 saturated carbocycles. The summed E-state index contributed by atoms with van der Waals surface area (Å²) in [7, 11) is 0. The fraction of sp³-hybridized carbons (Fsp3) is 0.200. The molecule has 1 nitrogen and oxygen atoms in total. The molecule has 17 heavy (non-hydrogen) atoms. The maximum Gasteiger partial charge on any atom is 0.115 e. The van der Waals surface area contributed by atoms with Crippen molar-refractivity contribution in [2.75, 3.05) is 0 Å². The Morgan fingerprint density at radius 3 is 2.12 bits per heavy atom. The van der Waals surface area contributed by atoms with Crippen molar-refractivity contribution in [1.29, 1.82) is 0 Å². The van der Waals surface area contributed by atoms with Crippen LogP contribution in [0, 0.1) is 13.8 Å². The number of benzene rings is 2. The molecule has 0 unspecified atom stereocenters. The summed E-state index contributed by atoms with van der Waals surface area (Å²) in [6, 6.07) is 13.8. The standard InChI is InChI=1S/C15H16OS/c1-11-4-3-5-12(2)15(11)10-17-14-8-6-13(16)7-9-14/h3-9,16H,10H2,1-2H3. The third-order valence-corrected chi connectivity index (χ3v) is 3.90. The molecular weight excluding hydrogens is 228 g/mol. The van der Waals surface area contributed by atoms with Crippen molar-refractivity contribution in [3.63, 3.8) is 0 Å². The number of phenolic OH excluding ortho intramolecular Hbond substituents is 1. The molecule has 0 saturated heterocycles. The van der Waals surface area contributed by atoms with Gasteiger partial charge in [0, 0.05) is 10.6 Å². The van der Waals surface area contributed by atoms with Gasteiger partial charge in [0.2, 0.25) is 0 Å². The molecule has 0 radical (unpaired) electrons. The van der Waals surface area contributed by atoms with E-state index in [1.807, 2.05) is 12.1 Å². The summed E-state index contributed by atoms with van der Waals surface area (Å²) in [5.41, 5.74) is 4.10. The Hall–Kier alpha value is -1.41. The van der Waals surface area contributed by atoms with Crippen molar-refractivity contribution in [3.8, 4) is 5.75 Å². The van der Waals surface area contributed by atoms with E-state index in [2.05, 4.69) is 32.0 Å². The highest BCUT2D eigenvalue weighted by molar-refractivity contribution is 7.98. The van der Waals surface area contributed by atoms with E-state index in [9.17, 15) is 5.11 Å². The van der Waals surface area contributed by atoms with Crippen molar-refractivity contribution in [2.24, 2.45) is 0 Å². The van der Waals surface area contributed by atoms with Crippen LogP contribution in [-0.4, -0.2) is 5.11 Å². The van der Waals surface area contributed by atoms with E-state index in [1.54, 1.807) is 23.9 Å². The van der Waals surface area contributed by atoms with Crippen LogP contribution in [0.4, 0.5) is 0 Å². The van der Waals surface area contributed by atoms with E-state index >= 15 is 0 Å². The molecule has 0 spiro atoms. The summed E-state index contributed by atoms with van der Waals surface area (Å²) in [6.07, 6.45) is 0. The predicted molar refractivity (Wildman–Crippen MR) is 73.6 cm³/mol. The van der Waals surface area contributed by atoms with Crippen molar-refractivity contribution in [1.82, 2.24) is 0 Å². The number of aromatic hydroxyl groups is 1. The first-order valence-corrected chi connectivity index (χ1v) is 6.62. The number of hydrogen-bond donors (Lipinski definition) is 1. The van der Waals surface area contributed by atoms with Crippen LogP contribution in [0.1, 0.15) is 16.7 Å². The second-order valence-corrected chi connectivity index (χ2v) is 5.20. The van der Waals surface area contributed by atoms with Crippen LogP contribution < -0.4 is 0 Å². The lowest BCUT2D eigenvalue weighted by Crippen LogP contribution is -1.90. The summed E-state index contributed by atoms with van der Waals surface area (Å²) < 4.78 is 0. The van der Waals surface area contributed by atoms with Crippen LogP contribution >= 0.6 is 11.8 Å². The quantitative estimate of drug-likeness (QED) is 0.812. The average Bonchev–Trinajstić information content (AvgIpc) is 2.31. The van der Waals surface area contributed by atoms with Gasteiger partial charge in [0.25, 0.3) is 0 Å². The highest BCUT2D eigenvalue weighted by Gasteiger charge is 2.03. The molecule has 0 atom stereocenters. The van der Waals surface area contributed by atoms with Gasteiger partial charge in [0.1, 0.15) is 5.75 Å². The van der Waals surface area contributed by atoms with Gasteiger partial charge in [0.15, 0.2) is 0 Å². The Kier molecular flexibility index (Phi) is 3.75. The molecule has 0 aromatic heterocycles. The van der Waals surface area contributed by atoms with Crippen LogP contribution in [0.15, 0.2) is 47.4 Å². The Morgan fingerprint density at radius 1 is 0.941 bits per heavy atom. The predicted octanol–water partition coefficient (Wildman–Crippen LogP) is 4.30. The molecule has 1 N–H and O–H groups in total. The minimum Gasteiger partial charge on any atom is -0.508 e. The lowest BCUT2D eigenvalue weighted by Gasteiger charge is -2.09. The first kappa shape index (κ1) is 12.1. The van der Waals surface area contributed by atoms with Crippen LogP contribution in [-0.2, 0) is 5.75 Å².